The van der Waals surface area contributed by atoms with Crippen LogP contribution < -0.4 is 5.73 Å². The molecular weight excluding hydrogens is 198 g/mol. The Labute approximate surface area is 83.9 Å². The van der Waals surface area contributed by atoms with Crippen molar-refractivity contribution in [2.75, 3.05) is 0 Å². The molecule has 0 aromatic heterocycles. The fourth-order valence-corrected chi connectivity index (χ4v) is 3.25. The lowest BCUT2D eigenvalue weighted by Crippen LogP contribution is -2.15. The molecule has 0 bridgehead atoms. The molecule has 2 N–H and O–H groups in total. The summed E-state index contributed by atoms with van der Waals surface area (Å²) in [5, 5.41) is -0.356. The van der Waals surface area contributed by atoms with Gasteiger partial charge in [0.15, 0.2) is 9.84 Å². The topological polar surface area (TPSA) is 60.2 Å². The van der Waals surface area contributed by atoms with Crippen LogP contribution in [0.3, 0.4) is 0 Å². The van der Waals surface area contributed by atoms with Crippen LogP contribution in [-0.4, -0.2) is 19.7 Å². The number of rotatable bonds is 2. The molecule has 1 aromatic rings. The molecule has 0 spiro atoms. The predicted molar refractivity (Wildman–Crippen MR) is 54.7 cm³/mol. The van der Waals surface area contributed by atoms with Crippen LogP contribution in [0.2, 0.25) is 0 Å². The average molecular weight is 211 g/mol. The van der Waals surface area contributed by atoms with Gasteiger partial charge < -0.3 is 5.73 Å². The van der Waals surface area contributed by atoms with Gasteiger partial charge in [0.05, 0.1) is 10.1 Å². The molecule has 1 aliphatic carbocycles. The van der Waals surface area contributed by atoms with Crippen molar-refractivity contribution in [3.05, 3.63) is 29.8 Å². The van der Waals surface area contributed by atoms with Gasteiger partial charge in [0.2, 0.25) is 0 Å². The van der Waals surface area contributed by atoms with Gasteiger partial charge in [-0.2, -0.15) is 0 Å². The number of aryl methyl sites for hydroxylation is 1. The van der Waals surface area contributed by atoms with E-state index in [1.807, 2.05) is 6.92 Å². The van der Waals surface area contributed by atoms with Crippen molar-refractivity contribution in [2.24, 2.45) is 5.73 Å². The highest BCUT2D eigenvalue weighted by Crippen LogP contribution is 2.32. The van der Waals surface area contributed by atoms with Crippen LogP contribution in [0.25, 0.3) is 0 Å². The first-order valence-corrected chi connectivity index (χ1v) is 6.12. The Morgan fingerprint density at radius 1 is 1.29 bits per heavy atom. The van der Waals surface area contributed by atoms with Gasteiger partial charge in [0.25, 0.3) is 0 Å². The van der Waals surface area contributed by atoms with Gasteiger partial charge in [-0.3, -0.25) is 0 Å². The smallest absolute Gasteiger partial charge is 0.182 e. The maximum absolute atomic E-state index is 11.8. The maximum atomic E-state index is 11.8. The highest BCUT2D eigenvalue weighted by Gasteiger charge is 2.45. The SMILES string of the molecule is Cc1ccc(S(=O)(=O)C2CC2N)cc1. The number of benzene rings is 1. The lowest BCUT2D eigenvalue weighted by molar-refractivity contribution is 0.594. The minimum atomic E-state index is -3.16. The Morgan fingerprint density at radius 2 is 1.79 bits per heavy atom. The molecule has 1 saturated carbocycles. The highest BCUT2D eigenvalue weighted by atomic mass is 32.2. The summed E-state index contributed by atoms with van der Waals surface area (Å²) in [4.78, 5) is 0.390. The lowest BCUT2D eigenvalue weighted by atomic mass is 10.2. The summed E-state index contributed by atoms with van der Waals surface area (Å²) in [5.41, 5.74) is 6.60. The first-order chi connectivity index (χ1) is 6.51. The van der Waals surface area contributed by atoms with Crippen molar-refractivity contribution >= 4 is 9.84 Å². The van der Waals surface area contributed by atoms with E-state index in [2.05, 4.69) is 0 Å². The average Bonchev–Trinajstić information content (AvgIpc) is 2.84. The molecular formula is C10H13NO2S. The van der Waals surface area contributed by atoms with E-state index in [9.17, 15) is 8.42 Å². The van der Waals surface area contributed by atoms with Crippen LogP contribution in [0.4, 0.5) is 0 Å². The van der Waals surface area contributed by atoms with Crippen molar-refractivity contribution in [2.45, 2.75) is 29.5 Å². The minimum Gasteiger partial charge on any atom is -0.326 e. The van der Waals surface area contributed by atoms with E-state index in [1.54, 1.807) is 24.3 Å². The van der Waals surface area contributed by atoms with Gasteiger partial charge in [0.1, 0.15) is 0 Å². The molecule has 2 unspecified atom stereocenters. The zero-order valence-electron chi connectivity index (χ0n) is 7.97. The van der Waals surface area contributed by atoms with E-state index < -0.39 is 9.84 Å². The van der Waals surface area contributed by atoms with Gasteiger partial charge in [-0.1, -0.05) is 17.7 Å². The molecule has 3 nitrogen and oxygen atoms in total. The van der Waals surface area contributed by atoms with Gasteiger partial charge >= 0.3 is 0 Å². The maximum Gasteiger partial charge on any atom is 0.182 e. The van der Waals surface area contributed by atoms with Crippen LogP contribution in [0, 0.1) is 6.92 Å². The standard InChI is InChI=1S/C10H13NO2S/c1-7-2-4-8(5-3-7)14(12,13)10-6-9(10)11/h2-5,9-10H,6,11H2,1H3. The van der Waals surface area contributed by atoms with Crippen molar-refractivity contribution in [1.29, 1.82) is 0 Å². The van der Waals surface area contributed by atoms with Crippen LogP contribution in [0.1, 0.15) is 12.0 Å². The van der Waals surface area contributed by atoms with Crippen molar-refractivity contribution in [1.82, 2.24) is 0 Å². The van der Waals surface area contributed by atoms with Gasteiger partial charge in [-0.05, 0) is 25.5 Å². The molecule has 1 fully saturated rings. The second-order valence-corrected chi connectivity index (χ2v) is 5.96. The molecule has 0 saturated heterocycles. The lowest BCUT2D eigenvalue weighted by Gasteiger charge is -2.02. The molecule has 2 atom stereocenters. The Hall–Kier alpha value is -0.870. The van der Waals surface area contributed by atoms with E-state index in [1.165, 1.54) is 0 Å². The summed E-state index contributed by atoms with van der Waals surface area (Å²) < 4.78 is 23.7. The third kappa shape index (κ3) is 1.55. The van der Waals surface area contributed by atoms with Crippen molar-refractivity contribution in [3.63, 3.8) is 0 Å². The van der Waals surface area contributed by atoms with E-state index in [0.717, 1.165) is 5.56 Å². The number of sulfone groups is 1. The molecule has 0 radical (unpaired) electrons. The first-order valence-electron chi connectivity index (χ1n) is 4.58. The van der Waals surface area contributed by atoms with Crippen LogP contribution in [0.15, 0.2) is 29.2 Å². The van der Waals surface area contributed by atoms with Gasteiger partial charge in [0, 0.05) is 6.04 Å². The zero-order chi connectivity index (χ0) is 10.3. The molecule has 0 aliphatic heterocycles. The summed E-state index contributed by atoms with van der Waals surface area (Å²) in [6, 6.07) is 6.74. The minimum absolute atomic E-state index is 0.165. The fourth-order valence-electron chi connectivity index (χ4n) is 1.45. The summed E-state index contributed by atoms with van der Waals surface area (Å²) in [7, 11) is -3.16. The van der Waals surface area contributed by atoms with E-state index in [0.29, 0.717) is 11.3 Å². The third-order valence-corrected chi connectivity index (χ3v) is 4.80. The number of hydrogen-bond donors (Lipinski definition) is 1. The number of hydrogen-bond acceptors (Lipinski definition) is 3. The molecule has 4 heteroatoms. The molecule has 14 heavy (non-hydrogen) atoms. The molecule has 0 heterocycles. The number of nitrogens with two attached hydrogens (primary N) is 1. The van der Waals surface area contributed by atoms with Crippen molar-refractivity contribution < 1.29 is 8.42 Å². The Kier molecular flexibility index (Phi) is 2.12. The molecule has 1 aliphatic rings. The van der Waals surface area contributed by atoms with E-state index >= 15 is 0 Å². The summed E-state index contributed by atoms with van der Waals surface area (Å²) in [6.07, 6.45) is 0.593. The first kappa shape index (κ1) is 9.68. The fraction of sp³-hybridized carbons (Fsp3) is 0.400. The highest BCUT2D eigenvalue weighted by molar-refractivity contribution is 7.92. The largest absolute Gasteiger partial charge is 0.326 e. The van der Waals surface area contributed by atoms with Crippen molar-refractivity contribution in [3.8, 4) is 0 Å². The molecule has 0 amide bonds. The van der Waals surface area contributed by atoms with Gasteiger partial charge in [-0.15, -0.1) is 0 Å². The summed E-state index contributed by atoms with van der Waals surface area (Å²) in [5.74, 6) is 0. The Morgan fingerprint density at radius 3 is 2.21 bits per heavy atom. The Balaban J connectivity index is 2.35. The van der Waals surface area contributed by atoms with Gasteiger partial charge in [-0.25, -0.2) is 8.42 Å². The summed E-state index contributed by atoms with van der Waals surface area (Å²) in [6.45, 7) is 1.93. The molecule has 1 aromatic carbocycles. The zero-order valence-corrected chi connectivity index (χ0v) is 8.79. The second-order valence-electron chi connectivity index (χ2n) is 3.80. The second kappa shape index (κ2) is 3.07. The third-order valence-electron chi connectivity index (χ3n) is 2.53. The normalized spacial score (nSPS) is 26.1. The predicted octanol–water partition coefficient (Wildman–Crippen LogP) is 0.868. The summed E-state index contributed by atoms with van der Waals surface area (Å²) >= 11 is 0. The monoisotopic (exact) mass is 211 g/mol. The van der Waals surface area contributed by atoms with E-state index in [-0.39, 0.29) is 11.3 Å². The van der Waals surface area contributed by atoms with Crippen LogP contribution >= 0.6 is 0 Å². The Bertz CT molecular complexity index is 436. The van der Waals surface area contributed by atoms with Crippen LogP contribution in [-0.2, 0) is 9.84 Å². The molecule has 76 valence electrons. The van der Waals surface area contributed by atoms with Crippen LogP contribution in [0.5, 0.6) is 0 Å². The quantitative estimate of drug-likeness (QED) is 0.789. The molecule has 2 rings (SSSR count). The van der Waals surface area contributed by atoms with E-state index in [4.69, 9.17) is 5.73 Å².